The highest BCUT2D eigenvalue weighted by molar-refractivity contribution is 7.89. The van der Waals surface area contributed by atoms with Crippen molar-refractivity contribution in [2.75, 3.05) is 6.54 Å². The maximum absolute atomic E-state index is 11.9. The molecule has 0 radical (unpaired) electrons. The summed E-state index contributed by atoms with van der Waals surface area (Å²) in [5.74, 6) is 0. The predicted octanol–water partition coefficient (Wildman–Crippen LogP) is 1.29. The zero-order valence-electron chi connectivity index (χ0n) is 10.9. The molecule has 0 spiro atoms. The fourth-order valence-electron chi connectivity index (χ4n) is 1.83. The third-order valence-electron chi connectivity index (χ3n) is 2.85. The number of aromatic amines is 1. The first-order valence-corrected chi connectivity index (χ1v) is 7.78. The van der Waals surface area contributed by atoms with E-state index in [9.17, 15) is 13.2 Å². The highest BCUT2D eigenvalue weighted by Gasteiger charge is 2.16. The van der Waals surface area contributed by atoms with Gasteiger partial charge in [-0.05, 0) is 18.4 Å². The molecule has 2 aromatic rings. The molecule has 0 fully saturated rings. The Balaban J connectivity index is 1.91. The summed E-state index contributed by atoms with van der Waals surface area (Å²) in [5, 5.41) is 0. The Morgan fingerprint density at radius 3 is 2.55 bits per heavy atom. The molecule has 5 nitrogen and oxygen atoms in total. The van der Waals surface area contributed by atoms with E-state index in [4.69, 9.17) is 0 Å². The van der Waals surface area contributed by atoms with Crippen LogP contribution < -0.4 is 10.2 Å². The molecule has 106 valence electrons. The lowest BCUT2D eigenvalue weighted by Gasteiger charge is -2.06. The number of rotatable bonds is 6. The number of aromatic nitrogens is 1. The van der Waals surface area contributed by atoms with E-state index < -0.39 is 15.5 Å². The highest BCUT2D eigenvalue weighted by Crippen LogP contribution is 2.03. The van der Waals surface area contributed by atoms with E-state index in [2.05, 4.69) is 9.71 Å². The monoisotopic (exact) mass is 292 g/mol. The molecule has 0 amide bonds. The van der Waals surface area contributed by atoms with Gasteiger partial charge >= 0.3 is 0 Å². The molecule has 6 heteroatoms. The van der Waals surface area contributed by atoms with Gasteiger partial charge in [0, 0.05) is 25.0 Å². The van der Waals surface area contributed by atoms with Crippen LogP contribution in [0.1, 0.15) is 12.0 Å². The van der Waals surface area contributed by atoms with Gasteiger partial charge in [-0.15, -0.1) is 0 Å². The Labute approximate surface area is 117 Å². The van der Waals surface area contributed by atoms with Crippen molar-refractivity contribution in [1.82, 2.24) is 9.71 Å². The summed E-state index contributed by atoms with van der Waals surface area (Å²) >= 11 is 0. The number of hydrogen-bond donors (Lipinski definition) is 2. The summed E-state index contributed by atoms with van der Waals surface area (Å²) in [5.41, 5.74) is 0.642. The second-order valence-corrected chi connectivity index (χ2v) is 6.10. The number of aryl methyl sites for hydroxylation is 1. The SMILES string of the molecule is O=c1cc[nH]cc1S(=O)(=O)NCCCc1ccccc1. The molecule has 0 saturated heterocycles. The molecule has 1 aromatic carbocycles. The van der Waals surface area contributed by atoms with Crippen molar-refractivity contribution in [3.05, 3.63) is 64.6 Å². The van der Waals surface area contributed by atoms with Gasteiger partial charge in [0.05, 0.1) is 0 Å². The molecule has 0 aliphatic rings. The van der Waals surface area contributed by atoms with Crippen LogP contribution >= 0.6 is 0 Å². The van der Waals surface area contributed by atoms with Crippen molar-refractivity contribution in [3.8, 4) is 0 Å². The van der Waals surface area contributed by atoms with Crippen LogP contribution in [0.3, 0.4) is 0 Å². The second kappa shape index (κ2) is 6.49. The lowest BCUT2D eigenvalue weighted by Crippen LogP contribution is -2.29. The summed E-state index contributed by atoms with van der Waals surface area (Å²) in [4.78, 5) is 13.8. The zero-order chi connectivity index (χ0) is 14.4. The summed E-state index contributed by atoms with van der Waals surface area (Å²) in [6.45, 7) is 0.297. The maximum Gasteiger partial charge on any atom is 0.245 e. The van der Waals surface area contributed by atoms with Crippen LogP contribution in [0.25, 0.3) is 0 Å². The van der Waals surface area contributed by atoms with Gasteiger partial charge < -0.3 is 4.98 Å². The smallest absolute Gasteiger partial charge is 0.245 e. The Hall–Kier alpha value is -1.92. The fraction of sp³-hybridized carbons (Fsp3) is 0.214. The number of hydrogen-bond acceptors (Lipinski definition) is 3. The average Bonchev–Trinajstić information content (AvgIpc) is 2.45. The molecular weight excluding hydrogens is 276 g/mol. The number of H-pyrrole nitrogens is 1. The lowest BCUT2D eigenvalue weighted by molar-refractivity contribution is 0.578. The summed E-state index contributed by atoms with van der Waals surface area (Å²) < 4.78 is 26.3. The van der Waals surface area contributed by atoms with E-state index in [0.717, 1.165) is 12.0 Å². The fourth-order valence-corrected chi connectivity index (χ4v) is 2.96. The molecule has 2 rings (SSSR count). The van der Waals surface area contributed by atoms with Crippen molar-refractivity contribution in [1.29, 1.82) is 0 Å². The molecule has 0 bridgehead atoms. The number of nitrogens with one attached hydrogen (secondary N) is 2. The summed E-state index contributed by atoms with van der Waals surface area (Å²) in [6, 6.07) is 11.0. The molecule has 2 N–H and O–H groups in total. The molecule has 0 unspecified atom stereocenters. The van der Waals surface area contributed by atoms with Crippen molar-refractivity contribution < 1.29 is 8.42 Å². The topological polar surface area (TPSA) is 79.0 Å². The normalized spacial score (nSPS) is 11.4. The second-order valence-electron chi connectivity index (χ2n) is 4.36. The maximum atomic E-state index is 11.9. The Kier molecular flexibility index (Phi) is 4.70. The number of benzene rings is 1. The van der Waals surface area contributed by atoms with E-state index in [1.54, 1.807) is 0 Å². The number of pyridine rings is 1. The van der Waals surface area contributed by atoms with Gasteiger partial charge in [-0.25, -0.2) is 13.1 Å². The van der Waals surface area contributed by atoms with E-state index in [1.807, 2.05) is 30.3 Å². The van der Waals surface area contributed by atoms with Gasteiger partial charge in [-0.3, -0.25) is 4.79 Å². The van der Waals surface area contributed by atoms with Crippen LogP contribution in [0.2, 0.25) is 0 Å². The Bertz CT molecular complexity index is 708. The van der Waals surface area contributed by atoms with Gasteiger partial charge in [0.15, 0.2) is 0 Å². The minimum Gasteiger partial charge on any atom is -0.366 e. The van der Waals surface area contributed by atoms with Crippen LogP contribution in [0.15, 0.2) is 58.5 Å². The number of sulfonamides is 1. The minimum atomic E-state index is -3.74. The van der Waals surface area contributed by atoms with Crippen LogP contribution in [0.4, 0.5) is 0 Å². The van der Waals surface area contributed by atoms with Gasteiger partial charge in [-0.2, -0.15) is 0 Å². The molecule has 0 atom stereocenters. The first kappa shape index (κ1) is 14.5. The molecule has 0 aliphatic heterocycles. The first-order chi connectivity index (χ1) is 9.59. The lowest BCUT2D eigenvalue weighted by atomic mass is 10.1. The first-order valence-electron chi connectivity index (χ1n) is 6.30. The Morgan fingerprint density at radius 2 is 1.85 bits per heavy atom. The summed E-state index contributed by atoms with van der Waals surface area (Å²) in [6.07, 6.45) is 4.06. The molecule has 1 aromatic heterocycles. The van der Waals surface area contributed by atoms with Crippen LogP contribution in [0.5, 0.6) is 0 Å². The third kappa shape index (κ3) is 3.79. The zero-order valence-corrected chi connectivity index (χ0v) is 11.7. The van der Waals surface area contributed by atoms with Gasteiger partial charge in [0.1, 0.15) is 4.90 Å². The van der Waals surface area contributed by atoms with Crippen molar-refractivity contribution >= 4 is 10.0 Å². The molecule has 1 heterocycles. The van der Waals surface area contributed by atoms with Crippen LogP contribution in [-0.4, -0.2) is 19.9 Å². The van der Waals surface area contributed by atoms with Crippen molar-refractivity contribution in [2.24, 2.45) is 0 Å². The average molecular weight is 292 g/mol. The van der Waals surface area contributed by atoms with Gasteiger partial charge in [0.2, 0.25) is 15.5 Å². The predicted molar refractivity (Wildman–Crippen MR) is 77.0 cm³/mol. The molecule has 0 aliphatic carbocycles. The molecular formula is C14H16N2O3S. The Morgan fingerprint density at radius 1 is 1.10 bits per heavy atom. The third-order valence-corrected chi connectivity index (χ3v) is 4.34. The van der Waals surface area contributed by atoms with Crippen molar-refractivity contribution in [2.45, 2.75) is 17.7 Å². The van der Waals surface area contributed by atoms with Crippen molar-refractivity contribution in [3.63, 3.8) is 0 Å². The highest BCUT2D eigenvalue weighted by atomic mass is 32.2. The quantitative estimate of drug-likeness (QED) is 0.787. The minimum absolute atomic E-state index is 0.250. The molecule has 20 heavy (non-hydrogen) atoms. The van der Waals surface area contributed by atoms with E-state index in [-0.39, 0.29) is 4.90 Å². The van der Waals surface area contributed by atoms with Gasteiger partial charge in [-0.1, -0.05) is 30.3 Å². The van der Waals surface area contributed by atoms with Crippen LogP contribution in [0, 0.1) is 0 Å². The van der Waals surface area contributed by atoms with E-state index in [0.29, 0.717) is 13.0 Å². The van der Waals surface area contributed by atoms with E-state index in [1.165, 1.54) is 18.5 Å². The summed E-state index contributed by atoms with van der Waals surface area (Å²) in [7, 11) is -3.74. The van der Waals surface area contributed by atoms with Crippen LogP contribution in [-0.2, 0) is 16.4 Å². The van der Waals surface area contributed by atoms with Gasteiger partial charge in [0.25, 0.3) is 0 Å². The largest absolute Gasteiger partial charge is 0.366 e. The molecule has 0 saturated carbocycles. The standard InChI is InChI=1S/C14H16N2O3S/c17-13-8-10-15-11-14(13)20(18,19)16-9-4-7-12-5-2-1-3-6-12/h1-3,5-6,8,10-11,16H,4,7,9H2,(H,15,17). The van der Waals surface area contributed by atoms with E-state index >= 15 is 0 Å².